The lowest BCUT2D eigenvalue weighted by Crippen LogP contribution is -2.45. The maximum Gasteiger partial charge on any atom is 0.255 e. The standard InChI is InChI=1S/C22H24BrN3O2S/c1-4-11-28-18-10-7-15(23)12-17(18)20-19(14(3)24-22(29)26-20)21(27)25-16-8-5-13(2)6-9-16/h5-10,12,20H,4,11H2,1-3H3,(H,25,27)(H2,24,26,29). The molecule has 152 valence electrons. The molecule has 0 spiro atoms. The van der Waals surface area contributed by atoms with Crippen molar-refractivity contribution >= 4 is 44.9 Å². The molecule has 2 aromatic rings. The van der Waals surface area contributed by atoms with Crippen LogP contribution in [-0.4, -0.2) is 17.6 Å². The Balaban J connectivity index is 1.99. The van der Waals surface area contributed by atoms with Gasteiger partial charge in [-0.3, -0.25) is 4.79 Å². The van der Waals surface area contributed by atoms with Crippen molar-refractivity contribution in [2.45, 2.75) is 33.2 Å². The minimum atomic E-state index is -0.432. The average Bonchev–Trinajstić information content (AvgIpc) is 2.68. The zero-order chi connectivity index (χ0) is 21.0. The van der Waals surface area contributed by atoms with Crippen molar-refractivity contribution in [3.05, 3.63) is 69.3 Å². The molecule has 1 unspecified atom stereocenters. The Bertz CT molecular complexity index is 957. The van der Waals surface area contributed by atoms with Crippen molar-refractivity contribution in [2.75, 3.05) is 11.9 Å². The predicted octanol–water partition coefficient (Wildman–Crippen LogP) is 4.98. The monoisotopic (exact) mass is 473 g/mol. The zero-order valence-corrected chi connectivity index (χ0v) is 19.0. The van der Waals surface area contributed by atoms with Gasteiger partial charge in [-0.2, -0.15) is 0 Å². The first-order valence-electron chi connectivity index (χ1n) is 9.47. The van der Waals surface area contributed by atoms with E-state index in [1.807, 2.05) is 56.3 Å². The molecule has 1 aliphatic heterocycles. The van der Waals surface area contributed by atoms with Crippen molar-refractivity contribution in [3.8, 4) is 5.75 Å². The van der Waals surface area contributed by atoms with Crippen molar-refractivity contribution in [3.63, 3.8) is 0 Å². The van der Waals surface area contributed by atoms with E-state index in [-0.39, 0.29) is 5.91 Å². The number of ether oxygens (including phenoxy) is 1. The first-order chi connectivity index (χ1) is 13.9. The number of rotatable bonds is 6. The first-order valence-corrected chi connectivity index (χ1v) is 10.7. The van der Waals surface area contributed by atoms with Crippen LogP contribution in [-0.2, 0) is 4.79 Å². The average molecular weight is 474 g/mol. The molecule has 0 aliphatic carbocycles. The summed E-state index contributed by atoms with van der Waals surface area (Å²) in [6.45, 7) is 6.52. The van der Waals surface area contributed by atoms with Crippen LogP contribution in [0.2, 0.25) is 0 Å². The molecule has 1 heterocycles. The highest BCUT2D eigenvalue weighted by Crippen LogP contribution is 2.35. The highest BCUT2D eigenvalue weighted by atomic mass is 79.9. The first kappa shape index (κ1) is 21.3. The fraction of sp³-hybridized carbons (Fsp3) is 0.273. The second-order valence-electron chi connectivity index (χ2n) is 6.92. The minimum Gasteiger partial charge on any atom is -0.493 e. The molecule has 5 nitrogen and oxygen atoms in total. The molecule has 0 aromatic heterocycles. The van der Waals surface area contributed by atoms with Crippen molar-refractivity contribution in [1.82, 2.24) is 10.6 Å². The lowest BCUT2D eigenvalue weighted by Gasteiger charge is -2.31. The van der Waals surface area contributed by atoms with E-state index in [4.69, 9.17) is 17.0 Å². The Morgan fingerprint density at radius 3 is 2.62 bits per heavy atom. The summed E-state index contributed by atoms with van der Waals surface area (Å²) >= 11 is 8.90. The van der Waals surface area contributed by atoms with Crippen LogP contribution in [0.4, 0.5) is 5.69 Å². The van der Waals surface area contributed by atoms with Crippen molar-refractivity contribution in [2.24, 2.45) is 0 Å². The molecule has 3 rings (SSSR count). The third-order valence-electron chi connectivity index (χ3n) is 4.57. The summed E-state index contributed by atoms with van der Waals surface area (Å²) in [5.74, 6) is 0.533. The van der Waals surface area contributed by atoms with Crippen LogP contribution in [0.1, 0.15) is 37.4 Å². The highest BCUT2D eigenvalue weighted by molar-refractivity contribution is 9.10. The van der Waals surface area contributed by atoms with Crippen LogP contribution in [0.15, 0.2) is 58.2 Å². The minimum absolute atomic E-state index is 0.194. The molecular formula is C22H24BrN3O2S. The molecule has 7 heteroatoms. The van der Waals surface area contributed by atoms with Gasteiger partial charge in [0.15, 0.2) is 5.11 Å². The SMILES string of the molecule is CCCOc1ccc(Br)cc1C1NC(=S)NC(C)=C1C(=O)Nc1ccc(C)cc1. The van der Waals surface area contributed by atoms with E-state index < -0.39 is 6.04 Å². The number of allylic oxidation sites excluding steroid dienone is 1. The summed E-state index contributed by atoms with van der Waals surface area (Å²) in [5.41, 5.74) is 4.01. The van der Waals surface area contributed by atoms with Gasteiger partial charge in [-0.15, -0.1) is 0 Å². The van der Waals surface area contributed by atoms with Crippen LogP contribution in [0, 0.1) is 6.92 Å². The van der Waals surface area contributed by atoms with Crippen LogP contribution >= 0.6 is 28.1 Å². The smallest absolute Gasteiger partial charge is 0.255 e. The van der Waals surface area contributed by atoms with E-state index in [2.05, 4.69) is 38.8 Å². The summed E-state index contributed by atoms with van der Waals surface area (Å²) in [6.07, 6.45) is 0.892. The van der Waals surface area contributed by atoms with Crippen LogP contribution < -0.4 is 20.7 Å². The second kappa shape index (κ2) is 9.41. The Kier molecular flexibility index (Phi) is 6.92. The normalized spacial score (nSPS) is 16.1. The van der Waals surface area contributed by atoms with Crippen molar-refractivity contribution in [1.29, 1.82) is 0 Å². The number of aryl methyl sites for hydroxylation is 1. The summed E-state index contributed by atoms with van der Waals surface area (Å²) in [6, 6.07) is 13.1. The Labute approximate surface area is 185 Å². The molecule has 29 heavy (non-hydrogen) atoms. The maximum absolute atomic E-state index is 13.2. The lowest BCUT2D eigenvalue weighted by atomic mass is 9.94. The van der Waals surface area contributed by atoms with Gasteiger partial charge in [-0.05, 0) is 62.8 Å². The fourth-order valence-electron chi connectivity index (χ4n) is 3.15. The fourth-order valence-corrected chi connectivity index (χ4v) is 3.80. The van der Waals surface area contributed by atoms with Crippen molar-refractivity contribution < 1.29 is 9.53 Å². The Hall–Kier alpha value is -2.38. The second-order valence-corrected chi connectivity index (χ2v) is 8.24. The largest absolute Gasteiger partial charge is 0.493 e. The van der Waals surface area contributed by atoms with Gasteiger partial charge < -0.3 is 20.7 Å². The quantitative estimate of drug-likeness (QED) is 0.516. The number of carbonyl (C=O) groups excluding carboxylic acids is 1. The maximum atomic E-state index is 13.2. The van der Waals surface area contributed by atoms with E-state index in [0.717, 1.165) is 33.5 Å². The van der Waals surface area contributed by atoms with E-state index in [1.165, 1.54) is 0 Å². The molecular weight excluding hydrogens is 450 g/mol. The van der Waals surface area contributed by atoms with Gasteiger partial charge in [0, 0.05) is 21.4 Å². The number of amides is 1. The molecule has 0 fully saturated rings. The number of benzene rings is 2. The third kappa shape index (κ3) is 5.16. The molecule has 1 aliphatic rings. The Morgan fingerprint density at radius 2 is 1.93 bits per heavy atom. The van der Waals surface area contributed by atoms with Gasteiger partial charge in [0.1, 0.15) is 5.75 Å². The third-order valence-corrected chi connectivity index (χ3v) is 5.28. The summed E-state index contributed by atoms with van der Waals surface area (Å²) in [5, 5.41) is 9.76. The van der Waals surface area contributed by atoms with Crippen LogP contribution in [0.25, 0.3) is 0 Å². The lowest BCUT2D eigenvalue weighted by molar-refractivity contribution is -0.113. The van der Waals surface area contributed by atoms with E-state index in [9.17, 15) is 4.79 Å². The van der Waals surface area contributed by atoms with Gasteiger partial charge in [0.05, 0.1) is 18.2 Å². The van der Waals surface area contributed by atoms with Gasteiger partial charge in [-0.1, -0.05) is 40.5 Å². The molecule has 1 atom stereocenters. The van der Waals surface area contributed by atoms with E-state index in [0.29, 0.717) is 23.0 Å². The number of hydrogen-bond acceptors (Lipinski definition) is 3. The molecule has 0 bridgehead atoms. The summed E-state index contributed by atoms with van der Waals surface area (Å²) in [4.78, 5) is 13.2. The number of hydrogen-bond donors (Lipinski definition) is 3. The van der Waals surface area contributed by atoms with E-state index in [1.54, 1.807) is 0 Å². The molecule has 2 aromatic carbocycles. The molecule has 0 saturated carbocycles. The molecule has 0 radical (unpaired) electrons. The van der Waals surface area contributed by atoms with Gasteiger partial charge in [-0.25, -0.2) is 0 Å². The van der Waals surface area contributed by atoms with Gasteiger partial charge in [0.25, 0.3) is 5.91 Å². The highest BCUT2D eigenvalue weighted by Gasteiger charge is 2.32. The summed E-state index contributed by atoms with van der Waals surface area (Å²) < 4.78 is 6.85. The predicted molar refractivity (Wildman–Crippen MR) is 124 cm³/mol. The molecule has 3 N–H and O–H groups in total. The number of carbonyl (C=O) groups is 1. The van der Waals surface area contributed by atoms with E-state index >= 15 is 0 Å². The molecule has 1 amide bonds. The number of nitrogens with one attached hydrogen (secondary N) is 3. The number of thiocarbonyl (C=S) groups is 1. The molecule has 0 saturated heterocycles. The topological polar surface area (TPSA) is 62.4 Å². The van der Waals surface area contributed by atoms with Gasteiger partial charge in [0.2, 0.25) is 0 Å². The van der Waals surface area contributed by atoms with Crippen LogP contribution in [0.3, 0.4) is 0 Å². The number of anilines is 1. The van der Waals surface area contributed by atoms with Gasteiger partial charge >= 0.3 is 0 Å². The number of halogens is 1. The zero-order valence-electron chi connectivity index (χ0n) is 16.6. The summed E-state index contributed by atoms with van der Waals surface area (Å²) in [7, 11) is 0. The Morgan fingerprint density at radius 1 is 1.21 bits per heavy atom. The van der Waals surface area contributed by atoms with Crippen LogP contribution in [0.5, 0.6) is 5.75 Å².